The third kappa shape index (κ3) is 4.73. The summed E-state index contributed by atoms with van der Waals surface area (Å²) in [4.78, 5) is 34.6. The van der Waals surface area contributed by atoms with Crippen molar-refractivity contribution < 1.29 is 19.4 Å². The Hall–Kier alpha value is -3.65. The number of Topliss-reactive ketones (excluding diaryl/α,β-unsaturated/α-hetero) is 1. The lowest BCUT2D eigenvalue weighted by Gasteiger charge is -2.26. The molecule has 3 aromatic rings. The molecule has 1 unspecified atom stereocenters. The van der Waals surface area contributed by atoms with Crippen LogP contribution in [-0.2, 0) is 9.59 Å². The lowest BCUT2D eigenvalue weighted by atomic mass is 9.96. The van der Waals surface area contributed by atoms with E-state index in [4.69, 9.17) is 4.74 Å². The van der Waals surface area contributed by atoms with Gasteiger partial charge >= 0.3 is 0 Å². The molecule has 1 aliphatic heterocycles. The van der Waals surface area contributed by atoms with Crippen LogP contribution in [0.1, 0.15) is 48.3 Å². The van der Waals surface area contributed by atoms with Gasteiger partial charge in [0.25, 0.3) is 11.7 Å². The van der Waals surface area contributed by atoms with Crippen molar-refractivity contribution in [1.29, 1.82) is 0 Å². The highest BCUT2D eigenvalue weighted by Gasteiger charge is 2.46. The summed E-state index contributed by atoms with van der Waals surface area (Å²) in [7, 11) is 3.83. The van der Waals surface area contributed by atoms with Crippen molar-refractivity contribution in [1.82, 2.24) is 19.2 Å². The van der Waals surface area contributed by atoms with E-state index in [1.165, 1.54) is 4.90 Å². The van der Waals surface area contributed by atoms with Gasteiger partial charge < -0.3 is 24.0 Å². The fourth-order valence-corrected chi connectivity index (χ4v) is 4.52. The lowest BCUT2D eigenvalue weighted by molar-refractivity contribution is -0.140. The van der Waals surface area contributed by atoms with E-state index in [9.17, 15) is 14.7 Å². The van der Waals surface area contributed by atoms with E-state index in [-0.39, 0.29) is 11.3 Å². The van der Waals surface area contributed by atoms with Crippen molar-refractivity contribution in [3.8, 4) is 5.75 Å². The molecule has 0 saturated carbocycles. The summed E-state index contributed by atoms with van der Waals surface area (Å²) in [5.74, 6) is -0.851. The van der Waals surface area contributed by atoms with Crippen LogP contribution in [0.2, 0.25) is 0 Å². The van der Waals surface area contributed by atoms with Crippen LogP contribution in [0.5, 0.6) is 5.75 Å². The van der Waals surface area contributed by atoms with Gasteiger partial charge in [0.2, 0.25) is 0 Å². The number of likely N-dealkylation sites (tertiary alicyclic amines) is 1. The summed E-state index contributed by atoms with van der Waals surface area (Å²) in [6.07, 6.45) is 3.87. The van der Waals surface area contributed by atoms with Crippen molar-refractivity contribution in [3.63, 3.8) is 0 Å². The van der Waals surface area contributed by atoms with E-state index >= 15 is 0 Å². The second-order valence-corrected chi connectivity index (χ2v) is 9.50. The topological polar surface area (TPSA) is 87.4 Å². The van der Waals surface area contributed by atoms with E-state index in [1.54, 1.807) is 0 Å². The molecule has 1 N–H and O–H groups in total. The molecule has 2 aromatic heterocycles. The molecule has 0 spiro atoms. The van der Waals surface area contributed by atoms with Crippen molar-refractivity contribution >= 4 is 23.1 Å². The number of pyridine rings is 1. The largest absolute Gasteiger partial charge is 0.505 e. The van der Waals surface area contributed by atoms with Crippen LogP contribution in [0, 0.1) is 13.8 Å². The Balaban J connectivity index is 1.81. The molecule has 1 amide bonds. The molecule has 0 aliphatic carbocycles. The quantitative estimate of drug-likeness (QED) is 0.210. The monoisotopic (exact) mass is 490 g/mol. The number of carbonyl (C=O) groups excluding carboxylic acids is 2. The minimum Gasteiger partial charge on any atom is -0.505 e. The Kier molecular flexibility index (Phi) is 7.45. The fraction of sp³-hybridized carbons (Fsp3) is 0.393. The molecule has 1 atom stereocenters. The van der Waals surface area contributed by atoms with Gasteiger partial charge in [0.1, 0.15) is 17.1 Å². The molecule has 8 heteroatoms. The van der Waals surface area contributed by atoms with Gasteiger partial charge in [0, 0.05) is 19.3 Å². The molecule has 4 rings (SSSR count). The fourth-order valence-electron chi connectivity index (χ4n) is 4.52. The average molecular weight is 491 g/mol. The number of benzene rings is 1. The molecule has 1 aliphatic rings. The normalized spacial score (nSPS) is 17.5. The zero-order valence-electron chi connectivity index (χ0n) is 21.6. The number of aliphatic hydroxyl groups is 1. The van der Waals surface area contributed by atoms with Crippen molar-refractivity contribution in [2.75, 3.05) is 33.8 Å². The number of nitrogens with zero attached hydrogens (tertiary/aromatic N) is 4. The number of fused-ring (bicyclic) bond motifs is 1. The molecule has 36 heavy (non-hydrogen) atoms. The Labute approximate surface area is 211 Å². The molecular weight excluding hydrogens is 456 g/mol. The number of rotatable bonds is 9. The highest BCUT2D eigenvalue weighted by atomic mass is 16.5. The smallest absolute Gasteiger partial charge is 0.295 e. The standard InChI is InChI=1S/C28H34N4O4/c1-6-7-17-36-21-12-10-20(11-13-21)24-22(26(34)28(35)32(24)16-15-30(4)5)25(33)23-19(3)31-14-8-9-18(2)27(31)29-23/h8-14,24,33H,6-7,15-17H2,1-5H3/b25-22+. The SMILES string of the molecule is CCCCOc1ccc(C2/C(=C(\O)c3nc4c(C)cccn4c3C)C(=O)C(=O)N2CCN(C)C)cc1. The van der Waals surface area contributed by atoms with E-state index in [0.29, 0.717) is 36.7 Å². The van der Waals surface area contributed by atoms with Crippen LogP contribution < -0.4 is 4.74 Å². The number of hydrogen-bond donors (Lipinski definition) is 1. The second kappa shape index (κ2) is 10.5. The predicted octanol–water partition coefficient (Wildman–Crippen LogP) is 4.11. The summed E-state index contributed by atoms with van der Waals surface area (Å²) >= 11 is 0. The number of likely N-dealkylation sites (N-methyl/N-ethyl adjacent to an activating group) is 1. The maximum atomic E-state index is 13.3. The zero-order valence-corrected chi connectivity index (χ0v) is 21.6. The summed E-state index contributed by atoms with van der Waals surface area (Å²) < 4.78 is 7.67. The molecule has 1 fully saturated rings. The number of carbonyl (C=O) groups is 2. The van der Waals surface area contributed by atoms with Crippen LogP contribution in [0.4, 0.5) is 0 Å². The number of imidazole rings is 1. The average Bonchev–Trinajstić information content (AvgIpc) is 3.33. The Bertz CT molecular complexity index is 1310. The number of hydrogen-bond acceptors (Lipinski definition) is 6. The van der Waals surface area contributed by atoms with E-state index in [0.717, 1.165) is 29.7 Å². The van der Waals surface area contributed by atoms with Crippen molar-refractivity contribution in [2.45, 2.75) is 39.7 Å². The maximum Gasteiger partial charge on any atom is 0.295 e. The van der Waals surface area contributed by atoms with E-state index in [1.807, 2.05) is 79.8 Å². The number of ketones is 1. The van der Waals surface area contributed by atoms with Crippen LogP contribution in [0.3, 0.4) is 0 Å². The number of aryl methyl sites for hydroxylation is 2. The summed E-state index contributed by atoms with van der Waals surface area (Å²) in [5.41, 5.74) is 3.44. The number of aliphatic hydroxyl groups excluding tert-OH is 1. The lowest BCUT2D eigenvalue weighted by Crippen LogP contribution is -2.35. The summed E-state index contributed by atoms with van der Waals surface area (Å²) in [6, 6.07) is 10.5. The van der Waals surface area contributed by atoms with Crippen molar-refractivity contribution in [3.05, 3.63) is 70.7 Å². The van der Waals surface area contributed by atoms with Gasteiger partial charge in [-0.05, 0) is 63.7 Å². The van der Waals surface area contributed by atoms with Gasteiger partial charge in [-0.1, -0.05) is 31.5 Å². The number of ether oxygens (including phenoxy) is 1. The predicted molar refractivity (Wildman–Crippen MR) is 139 cm³/mol. The first kappa shape index (κ1) is 25.4. The Morgan fingerprint density at radius 2 is 1.86 bits per heavy atom. The number of aromatic nitrogens is 2. The molecule has 8 nitrogen and oxygen atoms in total. The second-order valence-electron chi connectivity index (χ2n) is 9.50. The summed E-state index contributed by atoms with van der Waals surface area (Å²) in [6.45, 7) is 7.44. The van der Waals surface area contributed by atoms with Crippen LogP contribution in [0.25, 0.3) is 11.4 Å². The molecule has 1 saturated heterocycles. The molecular formula is C28H34N4O4. The van der Waals surface area contributed by atoms with Crippen molar-refractivity contribution in [2.24, 2.45) is 0 Å². The number of amides is 1. The Morgan fingerprint density at radius 1 is 1.14 bits per heavy atom. The molecule has 190 valence electrons. The third-order valence-corrected chi connectivity index (χ3v) is 6.60. The minimum absolute atomic E-state index is 0.0579. The van der Waals surface area contributed by atoms with E-state index in [2.05, 4.69) is 11.9 Å². The van der Waals surface area contributed by atoms with Crippen LogP contribution in [0.15, 0.2) is 48.2 Å². The third-order valence-electron chi connectivity index (χ3n) is 6.60. The molecule has 3 heterocycles. The van der Waals surface area contributed by atoms with Gasteiger partial charge in [0.05, 0.1) is 23.9 Å². The van der Waals surface area contributed by atoms with Gasteiger partial charge in [0.15, 0.2) is 5.76 Å². The van der Waals surface area contributed by atoms with Gasteiger partial charge in [-0.25, -0.2) is 4.98 Å². The Morgan fingerprint density at radius 3 is 2.50 bits per heavy atom. The van der Waals surface area contributed by atoms with Gasteiger partial charge in [-0.15, -0.1) is 0 Å². The van der Waals surface area contributed by atoms with Gasteiger partial charge in [-0.3, -0.25) is 9.59 Å². The molecule has 0 bridgehead atoms. The summed E-state index contributed by atoms with van der Waals surface area (Å²) in [5, 5.41) is 11.5. The first-order chi connectivity index (χ1) is 17.2. The zero-order chi connectivity index (χ0) is 26.0. The first-order valence-electron chi connectivity index (χ1n) is 12.3. The van der Waals surface area contributed by atoms with Gasteiger partial charge in [-0.2, -0.15) is 0 Å². The number of unbranched alkanes of at least 4 members (excludes halogenated alkanes) is 1. The molecule has 1 aromatic carbocycles. The highest BCUT2D eigenvalue weighted by Crippen LogP contribution is 2.40. The van der Waals surface area contributed by atoms with Crippen LogP contribution in [-0.4, -0.2) is 69.8 Å². The highest BCUT2D eigenvalue weighted by molar-refractivity contribution is 6.46. The first-order valence-corrected chi connectivity index (χ1v) is 12.3. The van der Waals surface area contributed by atoms with E-state index < -0.39 is 17.7 Å². The minimum atomic E-state index is -0.722. The van der Waals surface area contributed by atoms with Crippen LogP contribution >= 0.6 is 0 Å². The molecule has 0 radical (unpaired) electrons. The maximum absolute atomic E-state index is 13.3.